The van der Waals surface area contributed by atoms with Crippen molar-refractivity contribution >= 4 is 60.8 Å². The van der Waals surface area contributed by atoms with Gasteiger partial charge in [-0.2, -0.15) is 0 Å². The van der Waals surface area contributed by atoms with Crippen LogP contribution < -0.4 is 9.80 Å². The summed E-state index contributed by atoms with van der Waals surface area (Å²) in [6.45, 7) is 4.80. The Labute approximate surface area is 427 Å². The summed E-state index contributed by atoms with van der Waals surface area (Å²) in [4.78, 5) is 5.09. The van der Waals surface area contributed by atoms with Crippen LogP contribution in [0.25, 0.3) is 76.8 Å². The van der Waals surface area contributed by atoms with Crippen molar-refractivity contribution < 1.29 is 0 Å². The Kier molecular flexibility index (Phi) is 9.29. The van der Waals surface area contributed by atoms with Crippen LogP contribution in [0.15, 0.2) is 242 Å². The molecule has 346 valence electrons. The van der Waals surface area contributed by atoms with E-state index in [4.69, 9.17) is 0 Å². The predicted molar refractivity (Wildman–Crippen MR) is 308 cm³/mol. The van der Waals surface area contributed by atoms with Gasteiger partial charge in [-0.3, -0.25) is 0 Å². The molecular weight excluding hydrogens is 881 g/mol. The third-order valence-corrected chi connectivity index (χ3v) is 16.7. The van der Waals surface area contributed by atoms with Crippen molar-refractivity contribution in [2.24, 2.45) is 0 Å². The molecule has 2 nitrogen and oxygen atoms in total. The van der Waals surface area contributed by atoms with E-state index >= 15 is 0 Å². The number of allylic oxidation sites excluding steroid dienone is 4. The van der Waals surface area contributed by atoms with E-state index in [1.165, 1.54) is 139 Å². The molecule has 11 aromatic rings. The molecule has 0 spiro atoms. The molecule has 0 aromatic heterocycles. The second-order valence-corrected chi connectivity index (χ2v) is 21.1. The smallest absolute Gasteiger partial charge is 0.0497 e. The molecule has 4 aliphatic rings. The number of hydrogen-bond donors (Lipinski definition) is 0. The van der Waals surface area contributed by atoms with Crippen molar-refractivity contribution in [3.8, 4) is 44.5 Å². The van der Waals surface area contributed by atoms with Crippen molar-refractivity contribution in [3.63, 3.8) is 0 Å². The van der Waals surface area contributed by atoms with Gasteiger partial charge in [0.2, 0.25) is 0 Å². The van der Waals surface area contributed by atoms with Crippen LogP contribution >= 0.6 is 0 Å². The summed E-state index contributed by atoms with van der Waals surface area (Å²) >= 11 is 0. The Hall–Kier alpha value is -8.72. The van der Waals surface area contributed by atoms with Crippen LogP contribution in [-0.2, 0) is 18.3 Å². The molecular formula is C71H52N2. The molecule has 0 saturated carbocycles. The van der Waals surface area contributed by atoms with Gasteiger partial charge in [0.1, 0.15) is 0 Å². The van der Waals surface area contributed by atoms with Gasteiger partial charge in [-0.25, -0.2) is 0 Å². The molecule has 0 atom stereocenters. The molecule has 2 aliphatic heterocycles. The first kappa shape index (κ1) is 42.0. The average molecular weight is 933 g/mol. The lowest BCUT2D eigenvalue weighted by Gasteiger charge is -2.37. The zero-order valence-corrected chi connectivity index (χ0v) is 41.2. The van der Waals surface area contributed by atoms with E-state index in [9.17, 15) is 0 Å². The van der Waals surface area contributed by atoms with Crippen molar-refractivity contribution in [1.29, 1.82) is 0 Å². The molecule has 0 saturated heterocycles. The zero-order chi connectivity index (χ0) is 48.4. The van der Waals surface area contributed by atoms with Crippen molar-refractivity contribution in [1.82, 2.24) is 0 Å². The van der Waals surface area contributed by atoms with Crippen molar-refractivity contribution in [2.75, 3.05) is 9.80 Å². The zero-order valence-electron chi connectivity index (χ0n) is 41.2. The van der Waals surface area contributed by atoms with Crippen LogP contribution in [0.2, 0.25) is 0 Å². The van der Waals surface area contributed by atoms with Gasteiger partial charge in [-0.15, -0.1) is 0 Å². The number of fused-ring (bicyclic) bond motifs is 9. The van der Waals surface area contributed by atoms with E-state index in [0.29, 0.717) is 0 Å². The number of anilines is 5. The van der Waals surface area contributed by atoms with Crippen LogP contribution in [0.5, 0.6) is 0 Å². The molecule has 0 radical (unpaired) electrons. The van der Waals surface area contributed by atoms with Gasteiger partial charge in [-0.05, 0) is 178 Å². The lowest BCUT2D eigenvalue weighted by Crippen LogP contribution is -2.24. The molecule has 0 N–H and O–H groups in total. The number of hydrogen-bond acceptors (Lipinski definition) is 2. The maximum absolute atomic E-state index is 2.58. The first-order valence-electron chi connectivity index (χ1n) is 26.1. The summed E-state index contributed by atoms with van der Waals surface area (Å²) < 4.78 is 0. The lowest BCUT2D eigenvalue weighted by molar-refractivity contribution is 0.660. The van der Waals surface area contributed by atoms with E-state index in [-0.39, 0.29) is 5.41 Å². The Morgan fingerprint density at radius 2 is 0.945 bits per heavy atom. The summed E-state index contributed by atoms with van der Waals surface area (Å²) in [6.07, 6.45) is 8.66. The molecule has 0 bridgehead atoms. The monoisotopic (exact) mass is 932 g/mol. The summed E-state index contributed by atoms with van der Waals surface area (Å²) in [5.74, 6) is 0. The fourth-order valence-corrected chi connectivity index (χ4v) is 13.3. The Bertz CT molecular complexity index is 4150. The standard InChI is InChI=1S/C71H52N2/c1-71(2)63-28-10-9-26-57(63)58-36-33-52(42-64(58)71)70-60-38-35-53(72-65-29-11-4-18-47(65)40-48-19-5-12-30-66(48)72)43-61(60)69(51-24-15-23-46(39-51)56-27-16-22-45-17-3-8-25-55(45)56)59-37-34-54(44-62(59)70)73-67-31-13-6-20-49(67)41-50-21-7-14-32-68(50)73/h3-11,13-29,31-39,42-44H,12,30,40-41H2,1-2H3. The van der Waals surface area contributed by atoms with Gasteiger partial charge in [0.25, 0.3) is 0 Å². The van der Waals surface area contributed by atoms with Gasteiger partial charge >= 0.3 is 0 Å². The van der Waals surface area contributed by atoms with E-state index in [2.05, 4.69) is 254 Å². The Balaban J connectivity index is 1.05. The van der Waals surface area contributed by atoms with Gasteiger partial charge in [0, 0.05) is 52.4 Å². The maximum Gasteiger partial charge on any atom is 0.0497 e. The first-order valence-corrected chi connectivity index (χ1v) is 26.1. The number of benzene rings is 11. The summed E-state index contributed by atoms with van der Waals surface area (Å²) in [5.41, 5.74) is 25.7. The highest BCUT2D eigenvalue weighted by atomic mass is 15.2. The predicted octanol–water partition coefficient (Wildman–Crippen LogP) is 19.1. The third-order valence-electron chi connectivity index (χ3n) is 16.7. The van der Waals surface area contributed by atoms with E-state index < -0.39 is 0 Å². The molecule has 2 aliphatic carbocycles. The SMILES string of the molecule is CC1(C)c2ccccc2-c2ccc(-c3c4ccc(N5C6=C(C=CCC6)Cc6ccccc65)cc4c(-c4cccc(-c5cccc6ccccc56)c4)c4ccc(N5c6ccccc6Cc6ccccc65)cc34)cc21. The van der Waals surface area contributed by atoms with Crippen LogP contribution in [-0.4, -0.2) is 0 Å². The number of nitrogens with zero attached hydrogens (tertiary/aromatic N) is 2. The lowest BCUT2D eigenvalue weighted by atomic mass is 9.80. The molecule has 15 rings (SSSR count). The molecule has 2 heterocycles. The quantitative estimate of drug-likeness (QED) is 0.159. The number of rotatable bonds is 5. The number of para-hydroxylation sites is 3. The van der Waals surface area contributed by atoms with Crippen LogP contribution in [0.1, 0.15) is 54.5 Å². The van der Waals surface area contributed by atoms with Crippen molar-refractivity contribution in [3.05, 3.63) is 270 Å². The van der Waals surface area contributed by atoms with Crippen LogP contribution in [0, 0.1) is 0 Å². The largest absolute Gasteiger partial charge is 0.314 e. The van der Waals surface area contributed by atoms with Crippen molar-refractivity contribution in [2.45, 2.75) is 44.9 Å². The van der Waals surface area contributed by atoms with Gasteiger partial charge in [0.05, 0.1) is 0 Å². The first-order chi connectivity index (χ1) is 36.0. The summed E-state index contributed by atoms with van der Waals surface area (Å²) in [5, 5.41) is 7.47. The third kappa shape index (κ3) is 6.43. The minimum atomic E-state index is -0.156. The Morgan fingerprint density at radius 1 is 0.384 bits per heavy atom. The topological polar surface area (TPSA) is 6.48 Å². The summed E-state index contributed by atoms with van der Waals surface area (Å²) in [7, 11) is 0. The highest BCUT2D eigenvalue weighted by Gasteiger charge is 2.36. The average Bonchev–Trinajstić information content (AvgIpc) is 3.67. The normalized spacial score (nSPS) is 15.0. The molecule has 73 heavy (non-hydrogen) atoms. The van der Waals surface area contributed by atoms with Crippen LogP contribution in [0.3, 0.4) is 0 Å². The molecule has 11 aromatic carbocycles. The fourth-order valence-electron chi connectivity index (χ4n) is 13.3. The van der Waals surface area contributed by atoms with Gasteiger partial charge < -0.3 is 9.80 Å². The highest BCUT2D eigenvalue weighted by Crippen LogP contribution is 2.54. The van der Waals surface area contributed by atoms with E-state index in [1.807, 2.05) is 0 Å². The molecule has 0 fully saturated rings. The summed E-state index contributed by atoms with van der Waals surface area (Å²) in [6, 6.07) is 82.9. The second kappa shape index (κ2) is 16.2. The van der Waals surface area contributed by atoms with E-state index in [0.717, 1.165) is 31.4 Å². The van der Waals surface area contributed by atoms with E-state index in [1.54, 1.807) is 0 Å². The van der Waals surface area contributed by atoms with Gasteiger partial charge in [-0.1, -0.05) is 190 Å². The molecule has 0 amide bonds. The molecule has 2 heteroatoms. The highest BCUT2D eigenvalue weighted by molar-refractivity contribution is 6.23. The maximum atomic E-state index is 2.58. The van der Waals surface area contributed by atoms with Gasteiger partial charge in [0.15, 0.2) is 0 Å². The minimum absolute atomic E-state index is 0.156. The molecule has 0 unspecified atom stereocenters. The Morgan fingerprint density at radius 3 is 1.70 bits per heavy atom. The second-order valence-electron chi connectivity index (χ2n) is 21.1. The van der Waals surface area contributed by atoms with Crippen LogP contribution in [0.4, 0.5) is 28.4 Å². The minimum Gasteiger partial charge on any atom is -0.314 e. The fraction of sp³-hybridized carbons (Fsp3) is 0.0986.